The fourth-order valence-corrected chi connectivity index (χ4v) is 1.08. The van der Waals surface area contributed by atoms with E-state index < -0.39 is 11.3 Å². The molecule has 0 saturated heterocycles. The summed E-state index contributed by atoms with van der Waals surface area (Å²) in [5, 5.41) is 25.5. The Balaban J connectivity index is 0. The highest BCUT2D eigenvalue weighted by atomic mass is 16.1. The molecule has 5 nitrogen and oxygen atoms in total. The standard InChI is InChI=1S/C9H10N4O.C2H6/c10-5-1-3-9(7-12,8(13)14)4-2-6-11;1-2/h1-4H2,(H2,13,14);1-2H3. The van der Waals surface area contributed by atoms with Crippen LogP contribution in [0.1, 0.15) is 39.5 Å². The normalized spacial score (nSPS) is 8.69. The Labute approximate surface area is 96.1 Å². The van der Waals surface area contributed by atoms with Crippen molar-refractivity contribution < 1.29 is 4.79 Å². The average Bonchev–Trinajstić information content (AvgIpc) is 2.32. The first-order valence-electron chi connectivity index (χ1n) is 5.08. The molecule has 86 valence electrons. The predicted molar refractivity (Wildman–Crippen MR) is 58.3 cm³/mol. The van der Waals surface area contributed by atoms with E-state index in [0.717, 1.165) is 0 Å². The van der Waals surface area contributed by atoms with E-state index in [0.29, 0.717) is 0 Å². The highest BCUT2D eigenvalue weighted by Gasteiger charge is 2.35. The topological polar surface area (TPSA) is 114 Å². The summed E-state index contributed by atoms with van der Waals surface area (Å²) >= 11 is 0. The molecule has 0 aliphatic heterocycles. The molecule has 0 radical (unpaired) electrons. The quantitative estimate of drug-likeness (QED) is 0.757. The monoisotopic (exact) mass is 220 g/mol. The van der Waals surface area contributed by atoms with E-state index in [1.165, 1.54) is 0 Å². The lowest BCUT2D eigenvalue weighted by Crippen LogP contribution is -2.35. The van der Waals surface area contributed by atoms with Crippen molar-refractivity contribution in [3.8, 4) is 18.2 Å². The van der Waals surface area contributed by atoms with Crippen molar-refractivity contribution in [2.75, 3.05) is 0 Å². The highest BCUT2D eigenvalue weighted by Crippen LogP contribution is 2.28. The van der Waals surface area contributed by atoms with Crippen LogP contribution < -0.4 is 5.73 Å². The first-order valence-corrected chi connectivity index (χ1v) is 5.08. The third-order valence-corrected chi connectivity index (χ3v) is 2.01. The molecule has 0 rings (SSSR count). The molecule has 2 N–H and O–H groups in total. The van der Waals surface area contributed by atoms with Crippen LogP contribution >= 0.6 is 0 Å². The van der Waals surface area contributed by atoms with E-state index in [4.69, 9.17) is 21.5 Å². The van der Waals surface area contributed by atoms with Crippen LogP contribution in [0.3, 0.4) is 0 Å². The number of nitrogens with two attached hydrogens (primary N) is 1. The van der Waals surface area contributed by atoms with E-state index in [9.17, 15) is 4.79 Å². The molecule has 0 aliphatic carbocycles. The Kier molecular flexibility index (Phi) is 9.71. The van der Waals surface area contributed by atoms with Gasteiger partial charge in [-0.05, 0) is 12.8 Å². The number of primary amides is 1. The van der Waals surface area contributed by atoms with Gasteiger partial charge >= 0.3 is 0 Å². The summed E-state index contributed by atoms with van der Waals surface area (Å²) in [5.74, 6) is -0.759. The first-order chi connectivity index (χ1) is 7.63. The fourth-order valence-electron chi connectivity index (χ4n) is 1.08. The van der Waals surface area contributed by atoms with Crippen molar-refractivity contribution in [1.82, 2.24) is 0 Å². The zero-order valence-corrected chi connectivity index (χ0v) is 9.66. The highest BCUT2D eigenvalue weighted by molar-refractivity contribution is 5.83. The molecule has 0 spiro atoms. The van der Waals surface area contributed by atoms with Crippen LogP contribution in [0, 0.1) is 39.4 Å². The number of hydrogen-bond donors (Lipinski definition) is 1. The van der Waals surface area contributed by atoms with Gasteiger partial charge in [0.1, 0.15) is 5.41 Å². The average molecular weight is 220 g/mol. The molecule has 0 fully saturated rings. The van der Waals surface area contributed by atoms with Gasteiger partial charge in [0.05, 0.1) is 18.2 Å². The molecule has 1 amide bonds. The van der Waals surface area contributed by atoms with Crippen molar-refractivity contribution in [2.24, 2.45) is 11.1 Å². The minimum Gasteiger partial charge on any atom is -0.368 e. The van der Waals surface area contributed by atoms with Gasteiger partial charge in [-0.15, -0.1) is 0 Å². The van der Waals surface area contributed by atoms with Crippen LogP contribution in [0.2, 0.25) is 0 Å². The van der Waals surface area contributed by atoms with Crippen LogP contribution in [-0.4, -0.2) is 5.91 Å². The lowest BCUT2D eigenvalue weighted by atomic mass is 9.80. The van der Waals surface area contributed by atoms with Crippen molar-refractivity contribution in [1.29, 1.82) is 15.8 Å². The van der Waals surface area contributed by atoms with Crippen LogP contribution in [0.15, 0.2) is 0 Å². The lowest BCUT2D eigenvalue weighted by Gasteiger charge is -2.19. The number of nitriles is 3. The van der Waals surface area contributed by atoms with E-state index in [1.807, 2.05) is 32.1 Å². The maximum Gasteiger partial charge on any atom is 0.237 e. The largest absolute Gasteiger partial charge is 0.368 e. The van der Waals surface area contributed by atoms with E-state index >= 15 is 0 Å². The minimum atomic E-state index is -1.36. The molecular weight excluding hydrogens is 204 g/mol. The molecule has 0 saturated carbocycles. The van der Waals surface area contributed by atoms with Gasteiger partial charge < -0.3 is 5.73 Å². The summed E-state index contributed by atoms with van der Waals surface area (Å²) in [6, 6.07) is 5.50. The summed E-state index contributed by atoms with van der Waals surface area (Å²) in [4.78, 5) is 11.0. The summed E-state index contributed by atoms with van der Waals surface area (Å²) in [7, 11) is 0. The fraction of sp³-hybridized carbons (Fsp3) is 0.636. The third-order valence-electron chi connectivity index (χ3n) is 2.01. The molecule has 5 heteroatoms. The number of carbonyl (C=O) groups is 1. The zero-order chi connectivity index (χ0) is 13.0. The molecule has 0 bridgehead atoms. The lowest BCUT2D eigenvalue weighted by molar-refractivity contribution is -0.125. The van der Waals surface area contributed by atoms with Gasteiger partial charge in [-0.25, -0.2) is 0 Å². The second kappa shape index (κ2) is 9.49. The van der Waals surface area contributed by atoms with Crippen LogP contribution in [0.5, 0.6) is 0 Å². The Morgan fingerprint density at radius 3 is 1.69 bits per heavy atom. The summed E-state index contributed by atoms with van der Waals surface area (Å²) in [6.07, 6.45) is 0.359. The predicted octanol–water partition coefficient (Wildman–Crippen LogP) is 1.62. The number of nitrogens with zero attached hydrogens (tertiary/aromatic N) is 3. The zero-order valence-electron chi connectivity index (χ0n) is 9.66. The van der Waals surface area contributed by atoms with Crippen LogP contribution in [0.25, 0.3) is 0 Å². The first kappa shape index (κ1) is 16.4. The molecule has 0 aromatic rings. The van der Waals surface area contributed by atoms with E-state index in [2.05, 4.69) is 0 Å². The molecule has 0 unspecified atom stereocenters. The molecule has 0 aliphatic rings. The number of hydrogen-bond acceptors (Lipinski definition) is 4. The van der Waals surface area contributed by atoms with Gasteiger partial charge in [-0.3, -0.25) is 4.79 Å². The Morgan fingerprint density at radius 2 is 1.50 bits per heavy atom. The van der Waals surface area contributed by atoms with E-state index in [1.54, 1.807) is 0 Å². The number of rotatable bonds is 5. The van der Waals surface area contributed by atoms with E-state index in [-0.39, 0.29) is 25.7 Å². The van der Waals surface area contributed by atoms with Crippen LogP contribution in [-0.2, 0) is 4.79 Å². The van der Waals surface area contributed by atoms with Crippen LogP contribution in [0.4, 0.5) is 0 Å². The maximum atomic E-state index is 11.0. The Morgan fingerprint density at radius 1 is 1.12 bits per heavy atom. The second-order valence-corrected chi connectivity index (χ2v) is 2.87. The van der Waals surface area contributed by atoms with Gasteiger partial charge in [0.2, 0.25) is 5.91 Å². The second-order valence-electron chi connectivity index (χ2n) is 2.87. The SMILES string of the molecule is CC.N#CCCC(C#N)(CCC#N)C(N)=O. The molecule has 0 heterocycles. The molecule has 0 aromatic carbocycles. The number of amides is 1. The van der Waals surface area contributed by atoms with Gasteiger partial charge in [0.25, 0.3) is 0 Å². The summed E-state index contributed by atoms with van der Waals surface area (Å²) in [5.41, 5.74) is 3.73. The van der Waals surface area contributed by atoms with Crippen molar-refractivity contribution in [2.45, 2.75) is 39.5 Å². The van der Waals surface area contributed by atoms with Gasteiger partial charge in [0, 0.05) is 12.8 Å². The Bertz CT molecular complexity index is 311. The van der Waals surface area contributed by atoms with Crippen molar-refractivity contribution in [3.63, 3.8) is 0 Å². The molecular formula is C11H16N4O. The molecule has 0 aromatic heterocycles. The number of carbonyl (C=O) groups excluding carboxylic acids is 1. The van der Waals surface area contributed by atoms with Gasteiger partial charge in [0.15, 0.2) is 0 Å². The molecule has 16 heavy (non-hydrogen) atoms. The Hall–Kier alpha value is -2.06. The third kappa shape index (κ3) is 4.98. The van der Waals surface area contributed by atoms with Crippen molar-refractivity contribution >= 4 is 5.91 Å². The van der Waals surface area contributed by atoms with Crippen molar-refractivity contribution in [3.05, 3.63) is 0 Å². The maximum absolute atomic E-state index is 11.0. The van der Waals surface area contributed by atoms with Gasteiger partial charge in [-0.1, -0.05) is 13.8 Å². The molecule has 0 atom stereocenters. The minimum absolute atomic E-state index is 0.0852. The summed E-state index contributed by atoms with van der Waals surface area (Å²) < 4.78 is 0. The summed E-state index contributed by atoms with van der Waals surface area (Å²) in [6.45, 7) is 4.00. The van der Waals surface area contributed by atoms with Gasteiger partial charge in [-0.2, -0.15) is 15.8 Å². The smallest absolute Gasteiger partial charge is 0.237 e.